The normalized spacial score (nSPS) is 10.4. The van der Waals surface area contributed by atoms with Crippen LogP contribution < -0.4 is 0 Å². The minimum Gasteiger partial charge on any atom is -0.383 e. The van der Waals surface area contributed by atoms with Crippen LogP contribution in [0.15, 0.2) is 36.8 Å². The van der Waals surface area contributed by atoms with Crippen LogP contribution in [0.25, 0.3) is 0 Å². The number of carbonyl (C=O) groups excluding carboxylic acids is 1. The Hall–Kier alpha value is -1.64. The predicted molar refractivity (Wildman–Crippen MR) is 55.8 cm³/mol. The van der Waals surface area contributed by atoms with Gasteiger partial charge in [-0.25, -0.2) is 0 Å². The van der Waals surface area contributed by atoms with E-state index in [2.05, 4.69) is 4.98 Å². The summed E-state index contributed by atoms with van der Waals surface area (Å²) < 4.78 is 0. The first-order valence-corrected chi connectivity index (χ1v) is 4.45. The standard InChI is InChI=1S/C11H14N2O/c1-13(2)8-5-11(14)9-10-3-6-12-7-4-10/h3-8H,9H2,1-2H3/b8-5+. The first-order chi connectivity index (χ1) is 6.68. The van der Waals surface area contributed by atoms with Crippen molar-refractivity contribution in [2.75, 3.05) is 14.1 Å². The predicted octanol–water partition coefficient (Wildman–Crippen LogP) is 1.27. The van der Waals surface area contributed by atoms with Crippen LogP contribution in [0.2, 0.25) is 0 Å². The van der Waals surface area contributed by atoms with Gasteiger partial charge in [0.25, 0.3) is 0 Å². The highest BCUT2D eigenvalue weighted by atomic mass is 16.1. The van der Waals surface area contributed by atoms with Crippen molar-refractivity contribution in [2.24, 2.45) is 0 Å². The van der Waals surface area contributed by atoms with Gasteiger partial charge in [0.05, 0.1) is 0 Å². The van der Waals surface area contributed by atoms with Gasteiger partial charge in [0.2, 0.25) is 0 Å². The van der Waals surface area contributed by atoms with E-state index in [0.29, 0.717) is 6.42 Å². The maximum Gasteiger partial charge on any atom is 0.161 e. The van der Waals surface area contributed by atoms with Crippen molar-refractivity contribution in [3.05, 3.63) is 42.4 Å². The molecule has 0 radical (unpaired) electrons. The summed E-state index contributed by atoms with van der Waals surface area (Å²) in [5.41, 5.74) is 0.994. The highest BCUT2D eigenvalue weighted by molar-refractivity contribution is 5.91. The minimum absolute atomic E-state index is 0.102. The van der Waals surface area contributed by atoms with Gasteiger partial charge < -0.3 is 4.90 Å². The molecule has 0 spiro atoms. The molecular weight excluding hydrogens is 176 g/mol. The summed E-state index contributed by atoms with van der Waals surface area (Å²) in [6.07, 6.45) is 7.16. The van der Waals surface area contributed by atoms with Gasteiger partial charge >= 0.3 is 0 Å². The molecule has 0 aromatic carbocycles. The van der Waals surface area contributed by atoms with E-state index >= 15 is 0 Å². The Morgan fingerprint density at radius 2 is 2.07 bits per heavy atom. The molecule has 1 aromatic heterocycles. The van der Waals surface area contributed by atoms with Crippen molar-refractivity contribution in [3.8, 4) is 0 Å². The molecule has 0 N–H and O–H groups in total. The molecule has 0 aliphatic heterocycles. The van der Waals surface area contributed by atoms with Crippen molar-refractivity contribution >= 4 is 5.78 Å². The number of hydrogen-bond acceptors (Lipinski definition) is 3. The van der Waals surface area contributed by atoms with E-state index in [9.17, 15) is 4.79 Å². The quantitative estimate of drug-likeness (QED) is 0.670. The Balaban J connectivity index is 2.50. The number of aromatic nitrogens is 1. The maximum atomic E-state index is 11.4. The van der Waals surface area contributed by atoms with E-state index in [1.54, 1.807) is 24.7 Å². The highest BCUT2D eigenvalue weighted by Gasteiger charge is 1.98. The summed E-state index contributed by atoms with van der Waals surface area (Å²) in [6, 6.07) is 3.70. The third-order valence-electron chi connectivity index (χ3n) is 1.69. The molecule has 0 unspecified atom stereocenters. The summed E-state index contributed by atoms with van der Waals surface area (Å²) in [6.45, 7) is 0. The van der Waals surface area contributed by atoms with Gasteiger partial charge in [-0.15, -0.1) is 0 Å². The Morgan fingerprint density at radius 3 is 2.64 bits per heavy atom. The topological polar surface area (TPSA) is 33.2 Å². The molecule has 0 saturated heterocycles. The summed E-state index contributed by atoms with van der Waals surface area (Å²) in [7, 11) is 3.77. The van der Waals surface area contributed by atoms with E-state index in [1.165, 1.54) is 0 Å². The first-order valence-electron chi connectivity index (χ1n) is 4.45. The molecule has 0 aliphatic carbocycles. The molecule has 3 heteroatoms. The fourth-order valence-electron chi connectivity index (χ4n) is 0.993. The monoisotopic (exact) mass is 190 g/mol. The lowest BCUT2D eigenvalue weighted by Crippen LogP contribution is -2.04. The van der Waals surface area contributed by atoms with E-state index in [4.69, 9.17) is 0 Å². The molecule has 0 saturated carbocycles. The molecule has 3 nitrogen and oxygen atoms in total. The lowest BCUT2D eigenvalue weighted by molar-refractivity contribution is -0.114. The van der Waals surface area contributed by atoms with Crippen LogP contribution in [0.5, 0.6) is 0 Å². The molecule has 14 heavy (non-hydrogen) atoms. The molecule has 74 valence electrons. The van der Waals surface area contributed by atoms with Gasteiger partial charge in [0.1, 0.15) is 0 Å². The summed E-state index contributed by atoms with van der Waals surface area (Å²) in [4.78, 5) is 17.1. The molecule has 0 fully saturated rings. The largest absolute Gasteiger partial charge is 0.383 e. The molecule has 0 amide bonds. The molecule has 1 rings (SSSR count). The SMILES string of the molecule is CN(C)/C=C/C(=O)Cc1ccncc1. The van der Waals surface area contributed by atoms with Crippen LogP contribution in [-0.4, -0.2) is 29.8 Å². The van der Waals surface area contributed by atoms with Crippen LogP contribution >= 0.6 is 0 Å². The number of carbonyl (C=O) groups is 1. The van der Waals surface area contributed by atoms with Crippen molar-refractivity contribution in [3.63, 3.8) is 0 Å². The highest BCUT2D eigenvalue weighted by Crippen LogP contribution is 1.98. The Morgan fingerprint density at radius 1 is 1.43 bits per heavy atom. The number of ketones is 1. The zero-order chi connectivity index (χ0) is 10.4. The number of rotatable bonds is 4. The number of hydrogen-bond donors (Lipinski definition) is 0. The first kappa shape index (κ1) is 10.4. The third kappa shape index (κ3) is 3.85. The second-order valence-electron chi connectivity index (χ2n) is 3.28. The molecule has 0 atom stereocenters. The average molecular weight is 190 g/mol. The van der Waals surface area contributed by atoms with Crippen molar-refractivity contribution in [1.82, 2.24) is 9.88 Å². The van der Waals surface area contributed by atoms with Gasteiger partial charge in [0.15, 0.2) is 5.78 Å². The van der Waals surface area contributed by atoms with Crippen LogP contribution in [0.4, 0.5) is 0 Å². The van der Waals surface area contributed by atoms with E-state index in [1.807, 2.05) is 31.1 Å². The van der Waals surface area contributed by atoms with Crippen LogP contribution in [0.1, 0.15) is 5.56 Å². The molecule has 0 aliphatic rings. The lowest BCUT2D eigenvalue weighted by Gasteiger charge is -2.02. The summed E-state index contributed by atoms with van der Waals surface area (Å²) in [5, 5.41) is 0. The summed E-state index contributed by atoms with van der Waals surface area (Å²) >= 11 is 0. The Labute approximate surface area is 84.1 Å². The minimum atomic E-state index is 0.102. The van der Waals surface area contributed by atoms with Crippen molar-refractivity contribution < 1.29 is 4.79 Å². The van der Waals surface area contributed by atoms with E-state index in [-0.39, 0.29) is 5.78 Å². The fourth-order valence-corrected chi connectivity index (χ4v) is 0.993. The molecule has 1 heterocycles. The van der Waals surface area contributed by atoms with Gasteiger partial charge in [-0.2, -0.15) is 0 Å². The van der Waals surface area contributed by atoms with Gasteiger partial charge in [-0.1, -0.05) is 0 Å². The second-order valence-corrected chi connectivity index (χ2v) is 3.28. The number of nitrogens with zero attached hydrogens (tertiary/aromatic N) is 2. The number of allylic oxidation sites excluding steroid dienone is 1. The zero-order valence-corrected chi connectivity index (χ0v) is 8.47. The van der Waals surface area contributed by atoms with Crippen molar-refractivity contribution in [2.45, 2.75) is 6.42 Å². The zero-order valence-electron chi connectivity index (χ0n) is 8.47. The lowest BCUT2D eigenvalue weighted by atomic mass is 10.1. The van der Waals surface area contributed by atoms with Gasteiger partial charge in [0, 0.05) is 39.1 Å². The second kappa shape index (κ2) is 5.17. The Bertz CT molecular complexity index is 317. The van der Waals surface area contributed by atoms with Gasteiger partial charge in [-0.3, -0.25) is 9.78 Å². The Kier molecular flexibility index (Phi) is 3.85. The van der Waals surface area contributed by atoms with E-state index in [0.717, 1.165) is 5.56 Å². The van der Waals surface area contributed by atoms with Crippen molar-refractivity contribution in [1.29, 1.82) is 0 Å². The van der Waals surface area contributed by atoms with Gasteiger partial charge in [-0.05, 0) is 23.8 Å². The van der Waals surface area contributed by atoms with Crippen LogP contribution in [0.3, 0.4) is 0 Å². The smallest absolute Gasteiger partial charge is 0.161 e. The van der Waals surface area contributed by atoms with Crippen LogP contribution in [0, 0.1) is 0 Å². The average Bonchev–Trinajstić information content (AvgIpc) is 2.16. The maximum absolute atomic E-state index is 11.4. The van der Waals surface area contributed by atoms with Crippen LogP contribution in [-0.2, 0) is 11.2 Å². The van der Waals surface area contributed by atoms with E-state index < -0.39 is 0 Å². The number of pyridine rings is 1. The fraction of sp³-hybridized carbons (Fsp3) is 0.273. The summed E-state index contributed by atoms with van der Waals surface area (Å²) in [5.74, 6) is 0.102. The molecule has 0 bridgehead atoms. The molecule has 1 aromatic rings. The molecular formula is C11H14N2O. The third-order valence-corrected chi connectivity index (χ3v) is 1.69.